The van der Waals surface area contributed by atoms with Crippen LogP contribution in [0.2, 0.25) is 5.02 Å². The highest BCUT2D eigenvalue weighted by Gasteiger charge is 2.26. The number of benzene rings is 1. The van der Waals surface area contributed by atoms with Crippen LogP contribution < -0.4 is 5.32 Å². The van der Waals surface area contributed by atoms with E-state index >= 15 is 0 Å². The summed E-state index contributed by atoms with van der Waals surface area (Å²) in [6, 6.07) is 6.14. The number of anilines is 2. The number of amides is 1. The molecule has 2 aromatic heterocycles. The first kappa shape index (κ1) is 23.7. The van der Waals surface area contributed by atoms with E-state index in [1.54, 1.807) is 24.7 Å². The Morgan fingerprint density at radius 1 is 1.14 bits per heavy atom. The second-order valence-electron chi connectivity index (χ2n) is 9.65. The number of nitrogens with zero attached hydrogens (tertiary/aromatic N) is 4. The van der Waals surface area contributed by atoms with Crippen LogP contribution in [0.5, 0.6) is 0 Å². The Morgan fingerprint density at radius 2 is 1.97 bits per heavy atom. The van der Waals surface area contributed by atoms with Crippen LogP contribution in [0.25, 0.3) is 11.4 Å². The van der Waals surface area contributed by atoms with Gasteiger partial charge in [0.25, 0.3) is 5.91 Å². The molecule has 6 nitrogen and oxygen atoms in total. The van der Waals surface area contributed by atoms with Crippen LogP contribution >= 0.6 is 11.6 Å². The summed E-state index contributed by atoms with van der Waals surface area (Å²) in [7, 11) is 0. The molecule has 3 aromatic rings. The smallest absolute Gasteiger partial charge is 0.257 e. The SMILES string of the molecule is C[C@H]1CCCN(C(=O)c2cnccc2Nc2nc(-c3cc(Cl)ccc3F)ncc2C2CCCC2)C1. The van der Waals surface area contributed by atoms with E-state index in [-0.39, 0.29) is 17.3 Å². The lowest BCUT2D eigenvalue weighted by Crippen LogP contribution is -2.39. The van der Waals surface area contributed by atoms with Crippen LogP contribution in [-0.4, -0.2) is 38.8 Å². The van der Waals surface area contributed by atoms with Crippen LogP contribution in [0.1, 0.15) is 67.3 Å². The Morgan fingerprint density at radius 3 is 2.77 bits per heavy atom. The third-order valence-electron chi connectivity index (χ3n) is 7.03. The number of hydrogen-bond donors (Lipinski definition) is 1. The maximum absolute atomic E-state index is 14.6. The summed E-state index contributed by atoms with van der Waals surface area (Å²) >= 11 is 6.12. The standard InChI is InChI=1S/C27H29ClFN5O/c1-17-5-4-12-34(16-17)27(35)22-14-30-11-10-24(22)32-26-21(18-6-2-3-7-18)15-31-25(33-26)20-13-19(28)8-9-23(20)29/h8-11,13-15,17-18H,2-7,12,16H2,1H3,(H,30,31,32,33)/t17-/m0/s1. The molecule has 1 aliphatic heterocycles. The van der Waals surface area contributed by atoms with Gasteiger partial charge < -0.3 is 10.2 Å². The summed E-state index contributed by atoms with van der Waals surface area (Å²) < 4.78 is 14.6. The van der Waals surface area contributed by atoms with Gasteiger partial charge in [-0.05, 0) is 61.8 Å². The molecule has 2 aliphatic rings. The zero-order valence-electron chi connectivity index (χ0n) is 19.8. The Bertz CT molecular complexity index is 1230. The second kappa shape index (κ2) is 10.3. The quantitative estimate of drug-likeness (QED) is 0.433. The zero-order chi connectivity index (χ0) is 24.4. The van der Waals surface area contributed by atoms with Crippen LogP contribution in [0.4, 0.5) is 15.9 Å². The van der Waals surface area contributed by atoms with Crippen molar-refractivity contribution >= 4 is 29.0 Å². The topological polar surface area (TPSA) is 71.0 Å². The van der Waals surface area contributed by atoms with E-state index in [0.29, 0.717) is 33.9 Å². The summed E-state index contributed by atoms with van der Waals surface area (Å²) in [5, 5.41) is 3.81. The summed E-state index contributed by atoms with van der Waals surface area (Å²) in [6.45, 7) is 3.66. The molecule has 0 unspecified atom stereocenters. The van der Waals surface area contributed by atoms with Crippen LogP contribution in [-0.2, 0) is 0 Å². The van der Waals surface area contributed by atoms with E-state index in [1.165, 1.54) is 18.2 Å². The van der Waals surface area contributed by atoms with Crippen LogP contribution in [0.15, 0.2) is 42.9 Å². The van der Waals surface area contributed by atoms with Gasteiger partial charge in [-0.3, -0.25) is 9.78 Å². The molecule has 2 fully saturated rings. The molecule has 1 atom stereocenters. The predicted octanol–water partition coefficient (Wildman–Crippen LogP) is 6.60. The summed E-state index contributed by atoms with van der Waals surface area (Å²) in [5.74, 6) is 1.17. The summed E-state index contributed by atoms with van der Waals surface area (Å²) in [6.07, 6.45) is 11.6. The molecular weight excluding hydrogens is 465 g/mol. The first-order chi connectivity index (χ1) is 17.0. The van der Waals surface area contributed by atoms with Crippen molar-refractivity contribution in [1.29, 1.82) is 0 Å². The number of carbonyl (C=O) groups is 1. The highest BCUT2D eigenvalue weighted by atomic mass is 35.5. The monoisotopic (exact) mass is 493 g/mol. The highest BCUT2D eigenvalue weighted by Crippen LogP contribution is 2.39. The van der Waals surface area contributed by atoms with Gasteiger partial charge in [0.05, 0.1) is 16.8 Å². The maximum atomic E-state index is 14.6. The van der Waals surface area contributed by atoms with Crippen molar-refractivity contribution in [3.8, 4) is 11.4 Å². The van der Waals surface area contributed by atoms with E-state index in [0.717, 1.165) is 57.2 Å². The minimum Gasteiger partial charge on any atom is -0.339 e. The van der Waals surface area contributed by atoms with Gasteiger partial charge in [0.1, 0.15) is 11.6 Å². The molecule has 3 heterocycles. The number of halogens is 2. The second-order valence-corrected chi connectivity index (χ2v) is 10.1. The molecule has 0 radical (unpaired) electrons. The third kappa shape index (κ3) is 5.15. The molecule has 1 saturated carbocycles. The number of nitrogens with one attached hydrogen (secondary N) is 1. The number of hydrogen-bond acceptors (Lipinski definition) is 5. The number of carbonyl (C=O) groups excluding carboxylic acids is 1. The van der Waals surface area contributed by atoms with Crippen molar-refractivity contribution in [2.24, 2.45) is 5.92 Å². The molecule has 1 amide bonds. The van der Waals surface area contributed by atoms with Gasteiger partial charge in [-0.15, -0.1) is 0 Å². The van der Waals surface area contributed by atoms with Gasteiger partial charge in [0.15, 0.2) is 5.82 Å². The van der Waals surface area contributed by atoms with E-state index in [2.05, 4.69) is 22.2 Å². The fourth-order valence-electron chi connectivity index (χ4n) is 5.17. The molecule has 0 spiro atoms. The third-order valence-corrected chi connectivity index (χ3v) is 7.27. The van der Waals surface area contributed by atoms with Crippen molar-refractivity contribution in [2.75, 3.05) is 18.4 Å². The lowest BCUT2D eigenvalue weighted by atomic mass is 9.98. The Hall–Kier alpha value is -3.06. The molecule has 182 valence electrons. The van der Waals surface area contributed by atoms with E-state index in [9.17, 15) is 9.18 Å². The first-order valence-electron chi connectivity index (χ1n) is 12.3. The van der Waals surface area contributed by atoms with Gasteiger partial charge in [0.2, 0.25) is 0 Å². The molecule has 0 bridgehead atoms. The molecule has 1 saturated heterocycles. The fraction of sp³-hybridized carbons (Fsp3) is 0.407. The predicted molar refractivity (Wildman–Crippen MR) is 135 cm³/mol. The summed E-state index contributed by atoms with van der Waals surface area (Å²) in [4.78, 5) is 28.8. The average molecular weight is 494 g/mol. The number of likely N-dealkylation sites (tertiary alicyclic amines) is 1. The number of rotatable bonds is 5. The maximum Gasteiger partial charge on any atom is 0.257 e. The van der Waals surface area contributed by atoms with Crippen molar-refractivity contribution in [3.05, 3.63) is 64.8 Å². The highest BCUT2D eigenvalue weighted by molar-refractivity contribution is 6.30. The minimum atomic E-state index is -0.437. The minimum absolute atomic E-state index is 0.0373. The lowest BCUT2D eigenvalue weighted by Gasteiger charge is -2.31. The average Bonchev–Trinajstić information content (AvgIpc) is 3.40. The fourth-order valence-corrected chi connectivity index (χ4v) is 5.34. The molecule has 1 aliphatic carbocycles. The number of aromatic nitrogens is 3. The molecular formula is C27H29ClFN5O. The molecule has 35 heavy (non-hydrogen) atoms. The van der Waals surface area contributed by atoms with Crippen molar-refractivity contribution in [1.82, 2.24) is 19.9 Å². The molecule has 5 rings (SSSR count). The van der Waals surface area contributed by atoms with Gasteiger partial charge in [0, 0.05) is 42.3 Å². The van der Waals surface area contributed by atoms with Crippen molar-refractivity contribution < 1.29 is 9.18 Å². The van der Waals surface area contributed by atoms with Gasteiger partial charge in [-0.25, -0.2) is 14.4 Å². The molecule has 1 N–H and O–H groups in total. The van der Waals surface area contributed by atoms with Crippen LogP contribution in [0, 0.1) is 11.7 Å². The van der Waals surface area contributed by atoms with Gasteiger partial charge in [-0.1, -0.05) is 31.4 Å². The first-order valence-corrected chi connectivity index (χ1v) is 12.7. The van der Waals surface area contributed by atoms with Crippen LogP contribution in [0.3, 0.4) is 0 Å². The Labute approximate surface area is 210 Å². The summed E-state index contributed by atoms with van der Waals surface area (Å²) in [5.41, 5.74) is 2.37. The number of piperidine rings is 1. The zero-order valence-corrected chi connectivity index (χ0v) is 20.6. The van der Waals surface area contributed by atoms with E-state index in [4.69, 9.17) is 16.6 Å². The Kier molecular flexibility index (Phi) is 6.95. The van der Waals surface area contributed by atoms with Gasteiger partial charge in [-0.2, -0.15) is 0 Å². The normalized spacial score (nSPS) is 18.6. The molecule has 1 aromatic carbocycles. The van der Waals surface area contributed by atoms with E-state index in [1.807, 2.05) is 4.90 Å². The number of pyridine rings is 1. The lowest BCUT2D eigenvalue weighted by molar-refractivity contribution is 0.0683. The van der Waals surface area contributed by atoms with Crippen molar-refractivity contribution in [2.45, 2.75) is 51.4 Å². The van der Waals surface area contributed by atoms with E-state index < -0.39 is 5.82 Å². The van der Waals surface area contributed by atoms with Gasteiger partial charge >= 0.3 is 0 Å². The molecule has 8 heteroatoms. The largest absolute Gasteiger partial charge is 0.339 e. The Balaban J connectivity index is 1.53. The van der Waals surface area contributed by atoms with Crippen molar-refractivity contribution in [3.63, 3.8) is 0 Å².